The second-order valence-electron chi connectivity index (χ2n) is 8.98. The lowest BCUT2D eigenvalue weighted by Crippen LogP contribution is -2.53. The van der Waals surface area contributed by atoms with Crippen molar-refractivity contribution in [2.75, 3.05) is 19.6 Å². The average Bonchev–Trinajstić information content (AvgIpc) is 3.28. The number of fused-ring (bicyclic) bond motifs is 1. The van der Waals surface area contributed by atoms with Crippen LogP contribution in [0.3, 0.4) is 0 Å². The van der Waals surface area contributed by atoms with Gasteiger partial charge >= 0.3 is 5.97 Å². The molecule has 2 aromatic rings. The molecule has 0 bridgehead atoms. The number of carboxylic acids is 1. The number of H-pyrrole nitrogens is 1. The van der Waals surface area contributed by atoms with E-state index in [9.17, 15) is 24.3 Å². The van der Waals surface area contributed by atoms with Gasteiger partial charge in [0.05, 0.1) is 12.6 Å². The summed E-state index contributed by atoms with van der Waals surface area (Å²) >= 11 is 0. The molecule has 0 spiro atoms. The molecule has 204 valence electrons. The molecule has 1 heterocycles. The molecule has 1 aromatic heterocycles. The smallest absolute Gasteiger partial charge is 0.326 e. The van der Waals surface area contributed by atoms with Crippen molar-refractivity contribution in [2.24, 2.45) is 17.2 Å². The SMILES string of the molecule is NCCCCC(NC(=O)C(CCCCN)NC(=O)CNC(=O)C(N)Cc1c[nH]c2ccccc12)C(=O)O. The topological polar surface area (TPSA) is 218 Å². The Balaban J connectivity index is 1.90. The lowest BCUT2D eigenvalue weighted by Gasteiger charge is -2.22. The van der Waals surface area contributed by atoms with Crippen LogP contribution in [0.4, 0.5) is 0 Å². The van der Waals surface area contributed by atoms with Crippen molar-refractivity contribution in [3.8, 4) is 0 Å². The highest BCUT2D eigenvalue weighted by molar-refractivity contribution is 5.92. The number of hydrogen-bond donors (Lipinski definition) is 8. The summed E-state index contributed by atoms with van der Waals surface area (Å²) in [5, 5.41) is 18.0. The van der Waals surface area contributed by atoms with E-state index in [0.717, 1.165) is 16.5 Å². The molecule has 0 saturated heterocycles. The normalized spacial score (nSPS) is 13.5. The minimum Gasteiger partial charge on any atom is -0.480 e. The van der Waals surface area contributed by atoms with E-state index in [-0.39, 0.29) is 25.8 Å². The molecule has 37 heavy (non-hydrogen) atoms. The summed E-state index contributed by atoms with van der Waals surface area (Å²) in [4.78, 5) is 52.5. The van der Waals surface area contributed by atoms with Crippen LogP contribution in [0.1, 0.15) is 44.1 Å². The first-order valence-electron chi connectivity index (χ1n) is 12.6. The number of nitrogens with one attached hydrogen (secondary N) is 4. The number of carbonyl (C=O) groups is 4. The first-order valence-corrected chi connectivity index (χ1v) is 12.6. The Bertz CT molecular complexity index is 1040. The molecule has 2 rings (SSSR count). The maximum Gasteiger partial charge on any atom is 0.326 e. The molecule has 11 N–H and O–H groups in total. The molecule has 0 aliphatic heterocycles. The van der Waals surface area contributed by atoms with Crippen LogP contribution in [0.15, 0.2) is 30.5 Å². The van der Waals surface area contributed by atoms with Gasteiger partial charge in [0.1, 0.15) is 12.1 Å². The zero-order valence-electron chi connectivity index (χ0n) is 21.0. The number of rotatable bonds is 17. The number of carbonyl (C=O) groups excluding carboxylic acids is 3. The summed E-state index contributed by atoms with van der Waals surface area (Å²) in [7, 11) is 0. The lowest BCUT2D eigenvalue weighted by molar-refractivity contribution is -0.142. The van der Waals surface area contributed by atoms with Gasteiger partial charge in [-0.1, -0.05) is 18.2 Å². The maximum absolute atomic E-state index is 12.8. The van der Waals surface area contributed by atoms with Crippen LogP contribution in [-0.2, 0) is 25.6 Å². The molecule has 0 radical (unpaired) electrons. The van der Waals surface area contributed by atoms with E-state index < -0.39 is 41.8 Å². The zero-order chi connectivity index (χ0) is 27.2. The van der Waals surface area contributed by atoms with Gasteiger partial charge < -0.3 is 43.2 Å². The third-order valence-electron chi connectivity index (χ3n) is 6.03. The van der Waals surface area contributed by atoms with Crippen molar-refractivity contribution < 1.29 is 24.3 Å². The third-order valence-corrected chi connectivity index (χ3v) is 6.03. The largest absolute Gasteiger partial charge is 0.480 e. The van der Waals surface area contributed by atoms with Crippen molar-refractivity contribution >= 4 is 34.6 Å². The number of unbranched alkanes of at least 4 members (excludes halogenated alkanes) is 2. The Hall–Kier alpha value is -3.48. The highest BCUT2D eigenvalue weighted by Crippen LogP contribution is 2.18. The molecule has 3 atom stereocenters. The van der Waals surface area contributed by atoms with Gasteiger partial charge in [-0.15, -0.1) is 0 Å². The third kappa shape index (κ3) is 9.83. The zero-order valence-corrected chi connectivity index (χ0v) is 21.0. The van der Waals surface area contributed by atoms with Gasteiger partial charge in [0.2, 0.25) is 17.7 Å². The van der Waals surface area contributed by atoms with E-state index in [4.69, 9.17) is 17.2 Å². The van der Waals surface area contributed by atoms with Crippen LogP contribution >= 0.6 is 0 Å². The predicted octanol–water partition coefficient (Wildman–Crippen LogP) is -0.534. The van der Waals surface area contributed by atoms with Crippen LogP contribution in [0.5, 0.6) is 0 Å². The van der Waals surface area contributed by atoms with Crippen LogP contribution in [-0.4, -0.2) is 71.5 Å². The number of aromatic nitrogens is 1. The van der Waals surface area contributed by atoms with E-state index in [0.29, 0.717) is 38.8 Å². The van der Waals surface area contributed by atoms with E-state index in [1.165, 1.54) is 0 Å². The molecule has 3 unspecified atom stereocenters. The van der Waals surface area contributed by atoms with E-state index >= 15 is 0 Å². The Labute approximate surface area is 216 Å². The molecular weight excluding hydrogens is 478 g/mol. The second-order valence-corrected chi connectivity index (χ2v) is 8.98. The number of aliphatic carboxylic acids is 1. The summed E-state index contributed by atoms with van der Waals surface area (Å²) in [5.74, 6) is -2.85. The van der Waals surface area contributed by atoms with Crippen LogP contribution in [0.25, 0.3) is 10.9 Å². The summed E-state index contributed by atoms with van der Waals surface area (Å²) in [6.07, 6.45) is 4.96. The van der Waals surface area contributed by atoms with Gasteiger partial charge in [0, 0.05) is 17.1 Å². The number of nitrogens with two attached hydrogens (primary N) is 3. The second kappa shape index (κ2) is 15.6. The van der Waals surface area contributed by atoms with Gasteiger partial charge in [0.25, 0.3) is 0 Å². The lowest BCUT2D eigenvalue weighted by atomic mass is 10.0. The number of aromatic amines is 1. The molecule has 0 saturated carbocycles. The standard InChI is InChI=1S/C25H39N7O5/c26-11-5-3-9-20(24(35)32-21(25(36)37)10-4-6-12-27)31-22(33)15-30-23(34)18(28)13-16-14-29-19-8-2-1-7-17(16)19/h1-2,7-8,14,18,20-21,29H,3-6,9-13,15,26-28H2,(H,30,34)(H,31,33)(H,32,35)(H,36,37). The quantitative estimate of drug-likeness (QED) is 0.127. The van der Waals surface area contributed by atoms with Gasteiger partial charge in [0.15, 0.2) is 0 Å². The molecule has 3 amide bonds. The minimum absolute atomic E-state index is 0.228. The van der Waals surface area contributed by atoms with E-state index in [1.807, 2.05) is 24.3 Å². The number of hydrogen-bond acceptors (Lipinski definition) is 7. The Morgan fingerprint density at radius 3 is 2.19 bits per heavy atom. The van der Waals surface area contributed by atoms with Crippen molar-refractivity contribution in [1.82, 2.24) is 20.9 Å². The minimum atomic E-state index is -1.16. The summed E-state index contributed by atoms with van der Waals surface area (Å²) in [5.41, 5.74) is 18.9. The van der Waals surface area contributed by atoms with Crippen LogP contribution in [0.2, 0.25) is 0 Å². The highest BCUT2D eigenvalue weighted by atomic mass is 16.4. The maximum atomic E-state index is 12.8. The van der Waals surface area contributed by atoms with Crippen molar-refractivity contribution in [2.45, 2.75) is 63.1 Å². The number of amides is 3. The molecule has 1 aromatic carbocycles. The molecule has 0 fully saturated rings. The van der Waals surface area contributed by atoms with Crippen molar-refractivity contribution in [3.05, 3.63) is 36.0 Å². The molecular formula is C25H39N7O5. The van der Waals surface area contributed by atoms with Crippen LogP contribution < -0.4 is 33.2 Å². The fourth-order valence-electron chi connectivity index (χ4n) is 3.96. The number of benzene rings is 1. The van der Waals surface area contributed by atoms with Gasteiger partial charge in [-0.2, -0.15) is 0 Å². The fourth-order valence-corrected chi connectivity index (χ4v) is 3.96. The molecule has 12 heteroatoms. The molecule has 12 nitrogen and oxygen atoms in total. The van der Waals surface area contributed by atoms with E-state index in [1.54, 1.807) is 6.20 Å². The summed E-state index contributed by atoms with van der Waals surface area (Å²) in [6, 6.07) is 4.73. The first-order chi connectivity index (χ1) is 17.8. The summed E-state index contributed by atoms with van der Waals surface area (Å²) in [6.45, 7) is 0.471. The Morgan fingerprint density at radius 1 is 0.892 bits per heavy atom. The van der Waals surface area contributed by atoms with Gasteiger partial charge in [-0.3, -0.25) is 14.4 Å². The van der Waals surface area contributed by atoms with Crippen LogP contribution in [0, 0.1) is 0 Å². The van der Waals surface area contributed by atoms with Gasteiger partial charge in [-0.05, 0) is 69.7 Å². The summed E-state index contributed by atoms with van der Waals surface area (Å²) < 4.78 is 0. The monoisotopic (exact) mass is 517 g/mol. The predicted molar refractivity (Wildman–Crippen MR) is 140 cm³/mol. The molecule has 0 aliphatic rings. The van der Waals surface area contributed by atoms with E-state index in [2.05, 4.69) is 20.9 Å². The van der Waals surface area contributed by atoms with Crippen molar-refractivity contribution in [3.63, 3.8) is 0 Å². The van der Waals surface area contributed by atoms with Gasteiger partial charge in [-0.25, -0.2) is 4.79 Å². The Kier molecular flexibility index (Phi) is 12.5. The first kappa shape index (κ1) is 29.7. The number of carboxylic acid groups (broad SMARTS) is 1. The fraction of sp³-hybridized carbons (Fsp3) is 0.520. The number of para-hydroxylation sites is 1. The highest BCUT2D eigenvalue weighted by Gasteiger charge is 2.26. The van der Waals surface area contributed by atoms with Crippen molar-refractivity contribution in [1.29, 1.82) is 0 Å². The average molecular weight is 518 g/mol. The Morgan fingerprint density at radius 2 is 1.54 bits per heavy atom. The molecule has 0 aliphatic carbocycles.